The van der Waals surface area contributed by atoms with Crippen LogP contribution in [0, 0.1) is 0 Å². The molecule has 0 saturated carbocycles. The summed E-state index contributed by atoms with van der Waals surface area (Å²) < 4.78 is 0. The maximum Gasteiger partial charge on any atom is 0.336 e. The van der Waals surface area contributed by atoms with Crippen LogP contribution in [-0.2, 0) is 5.41 Å². The lowest BCUT2D eigenvalue weighted by Gasteiger charge is -2.23. The SMILES string of the molecule is CC(C)(c1cccs1)c1cscc1C(=O)O. The highest BCUT2D eigenvalue weighted by Gasteiger charge is 2.29. The third kappa shape index (κ3) is 1.79. The molecule has 0 radical (unpaired) electrons. The van der Waals surface area contributed by atoms with E-state index in [2.05, 4.69) is 13.8 Å². The summed E-state index contributed by atoms with van der Waals surface area (Å²) >= 11 is 3.10. The van der Waals surface area contributed by atoms with Gasteiger partial charge in [0.2, 0.25) is 0 Å². The third-order valence-corrected chi connectivity index (χ3v) is 4.64. The average molecular weight is 252 g/mol. The van der Waals surface area contributed by atoms with Crippen molar-refractivity contribution in [1.29, 1.82) is 0 Å². The molecule has 4 heteroatoms. The fraction of sp³-hybridized carbons (Fsp3) is 0.250. The molecule has 2 heterocycles. The van der Waals surface area contributed by atoms with Gasteiger partial charge in [-0.1, -0.05) is 19.9 Å². The van der Waals surface area contributed by atoms with Gasteiger partial charge in [0, 0.05) is 15.7 Å². The molecule has 0 spiro atoms. The van der Waals surface area contributed by atoms with E-state index >= 15 is 0 Å². The first kappa shape index (κ1) is 11.4. The Morgan fingerprint density at radius 3 is 2.69 bits per heavy atom. The largest absolute Gasteiger partial charge is 0.478 e. The summed E-state index contributed by atoms with van der Waals surface area (Å²) in [5, 5.41) is 14.8. The van der Waals surface area contributed by atoms with E-state index in [9.17, 15) is 4.79 Å². The summed E-state index contributed by atoms with van der Waals surface area (Å²) in [4.78, 5) is 12.3. The third-order valence-electron chi connectivity index (χ3n) is 2.70. The Morgan fingerprint density at radius 1 is 1.38 bits per heavy atom. The van der Waals surface area contributed by atoms with Crippen molar-refractivity contribution in [2.75, 3.05) is 0 Å². The summed E-state index contributed by atoms with van der Waals surface area (Å²) in [5.74, 6) is -0.846. The Balaban J connectivity index is 2.51. The summed E-state index contributed by atoms with van der Waals surface area (Å²) in [6.45, 7) is 4.13. The van der Waals surface area contributed by atoms with Crippen molar-refractivity contribution in [3.05, 3.63) is 44.3 Å². The van der Waals surface area contributed by atoms with Crippen molar-refractivity contribution in [2.45, 2.75) is 19.3 Å². The van der Waals surface area contributed by atoms with Crippen LogP contribution in [0.3, 0.4) is 0 Å². The second kappa shape index (κ2) is 4.03. The molecular formula is C12H12O2S2. The van der Waals surface area contributed by atoms with E-state index in [0.717, 1.165) is 5.56 Å². The van der Waals surface area contributed by atoms with Crippen molar-refractivity contribution in [3.8, 4) is 0 Å². The molecule has 0 aromatic carbocycles. The van der Waals surface area contributed by atoms with Gasteiger partial charge in [-0.2, -0.15) is 11.3 Å². The minimum absolute atomic E-state index is 0.234. The molecule has 0 saturated heterocycles. The first-order valence-electron chi connectivity index (χ1n) is 4.87. The fourth-order valence-corrected chi connectivity index (χ4v) is 3.57. The van der Waals surface area contributed by atoms with E-state index < -0.39 is 5.97 Å². The molecule has 1 N–H and O–H groups in total. The van der Waals surface area contributed by atoms with Crippen LogP contribution in [0.25, 0.3) is 0 Å². The highest BCUT2D eigenvalue weighted by Crippen LogP contribution is 2.37. The number of rotatable bonds is 3. The highest BCUT2D eigenvalue weighted by atomic mass is 32.1. The second-order valence-electron chi connectivity index (χ2n) is 4.11. The van der Waals surface area contributed by atoms with E-state index in [1.54, 1.807) is 16.7 Å². The molecule has 0 aliphatic carbocycles. The van der Waals surface area contributed by atoms with Crippen molar-refractivity contribution >= 4 is 28.6 Å². The van der Waals surface area contributed by atoms with Gasteiger partial charge in [-0.25, -0.2) is 4.79 Å². The predicted octanol–water partition coefficient (Wildman–Crippen LogP) is 3.83. The molecular weight excluding hydrogens is 240 g/mol. The maximum atomic E-state index is 11.1. The predicted molar refractivity (Wildman–Crippen MR) is 67.7 cm³/mol. The molecule has 16 heavy (non-hydrogen) atoms. The van der Waals surface area contributed by atoms with Gasteiger partial charge in [-0.05, 0) is 22.4 Å². The van der Waals surface area contributed by atoms with Gasteiger partial charge in [0.1, 0.15) is 0 Å². The number of hydrogen-bond acceptors (Lipinski definition) is 3. The van der Waals surface area contributed by atoms with Crippen molar-refractivity contribution < 1.29 is 9.90 Å². The van der Waals surface area contributed by atoms with E-state index in [-0.39, 0.29) is 5.41 Å². The van der Waals surface area contributed by atoms with E-state index in [1.807, 2.05) is 22.9 Å². The Labute approximate surface area is 102 Å². The van der Waals surface area contributed by atoms with Gasteiger partial charge < -0.3 is 5.11 Å². The summed E-state index contributed by atoms with van der Waals surface area (Å²) in [7, 11) is 0. The molecule has 0 aliphatic heterocycles. The molecule has 0 atom stereocenters. The standard InChI is InChI=1S/C12H12O2S2/c1-12(2,10-4-3-5-16-10)9-7-15-6-8(9)11(13)14/h3-7H,1-2H3,(H,13,14). The van der Waals surface area contributed by atoms with Crippen LogP contribution in [-0.4, -0.2) is 11.1 Å². The van der Waals surface area contributed by atoms with Gasteiger partial charge >= 0.3 is 5.97 Å². The van der Waals surface area contributed by atoms with Crippen LogP contribution >= 0.6 is 22.7 Å². The lowest BCUT2D eigenvalue weighted by atomic mass is 9.82. The second-order valence-corrected chi connectivity index (χ2v) is 5.80. The first-order valence-corrected chi connectivity index (χ1v) is 6.69. The van der Waals surface area contributed by atoms with E-state index in [0.29, 0.717) is 5.56 Å². The Bertz CT molecular complexity index is 495. The van der Waals surface area contributed by atoms with Crippen LogP contribution in [0.5, 0.6) is 0 Å². The zero-order valence-corrected chi connectivity index (χ0v) is 10.7. The minimum Gasteiger partial charge on any atom is -0.478 e. The number of carboxylic acids is 1. The normalized spacial score (nSPS) is 11.6. The van der Waals surface area contributed by atoms with Gasteiger partial charge in [-0.3, -0.25) is 0 Å². The number of carbonyl (C=O) groups is 1. The zero-order chi connectivity index (χ0) is 11.8. The molecule has 2 nitrogen and oxygen atoms in total. The van der Waals surface area contributed by atoms with Crippen molar-refractivity contribution in [1.82, 2.24) is 0 Å². The molecule has 2 rings (SSSR count). The first-order chi connectivity index (χ1) is 7.53. The Kier molecular flexibility index (Phi) is 2.86. The van der Waals surface area contributed by atoms with Crippen LogP contribution in [0.4, 0.5) is 0 Å². The van der Waals surface area contributed by atoms with Crippen LogP contribution in [0.1, 0.15) is 34.6 Å². The monoisotopic (exact) mass is 252 g/mol. The molecule has 0 bridgehead atoms. The summed E-state index contributed by atoms with van der Waals surface area (Å²) in [6.07, 6.45) is 0. The van der Waals surface area contributed by atoms with Gasteiger partial charge in [0.15, 0.2) is 0 Å². The summed E-state index contributed by atoms with van der Waals surface area (Å²) in [6, 6.07) is 4.04. The fourth-order valence-electron chi connectivity index (χ4n) is 1.71. The van der Waals surface area contributed by atoms with Gasteiger partial charge in [-0.15, -0.1) is 11.3 Å². The quantitative estimate of drug-likeness (QED) is 0.901. The molecule has 0 amide bonds. The highest BCUT2D eigenvalue weighted by molar-refractivity contribution is 7.10. The molecule has 0 fully saturated rings. The molecule has 0 aliphatic rings. The van der Waals surface area contributed by atoms with Crippen LogP contribution in [0.2, 0.25) is 0 Å². The van der Waals surface area contributed by atoms with Gasteiger partial charge in [0.05, 0.1) is 5.56 Å². The number of aromatic carboxylic acids is 1. The van der Waals surface area contributed by atoms with E-state index in [4.69, 9.17) is 5.11 Å². The topological polar surface area (TPSA) is 37.3 Å². The minimum atomic E-state index is -0.846. The van der Waals surface area contributed by atoms with Crippen LogP contribution < -0.4 is 0 Å². The zero-order valence-electron chi connectivity index (χ0n) is 9.06. The number of carboxylic acid groups (broad SMARTS) is 1. The summed E-state index contributed by atoms with van der Waals surface area (Å²) in [5.41, 5.74) is 1.08. The van der Waals surface area contributed by atoms with E-state index in [1.165, 1.54) is 16.2 Å². The maximum absolute atomic E-state index is 11.1. The lowest BCUT2D eigenvalue weighted by molar-refractivity contribution is 0.0695. The lowest BCUT2D eigenvalue weighted by Crippen LogP contribution is -2.19. The molecule has 2 aromatic rings. The van der Waals surface area contributed by atoms with Gasteiger partial charge in [0.25, 0.3) is 0 Å². The Morgan fingerprint density at radius 2 is 2.12 bits per heavy atom. The number of hydrogen-bond donors (Lipinski definition) is 1. The average Bonchev–Trinajstić information content (AvgIpc) is 2.89. The molecule has 84 valence electrons. The number of thiophene rings is 2. The molecule has 0 unspecified atom stereocenters. The van der Waals surface area contributed by atoms with Crippen molar-refractivity contribution in [3.63, 3.8) is 0 Å². The van der Waals surface area contributed by atoms with Crippen molar-refractivity contribution in [2.24, 2.45) is 0 Å². The Hall–Kier alpha value is -1.13. The molecule has 2 aromatic heterocycles. The van der Waals surface area contributed by atoms with Crippen LogP contribution in [0.15, 0.2) is 28.3 Å². The smallest absolute Gasteiger partial charge is 0.336 e.